The molecule has 5 nitrogen and oxygen atoms in total. The van der Waals surface area contributed by atoms with Gasteiger partial charge in [0.2, 0.25) is 0 Å². The maximum atomic E-state index is 11.9. The van der Waals surface area contributed by atoms with Gasteiger partial charge in [0.25, 0.3) is 0 Å². The van der Waals surface area contributed by atoms with Gasteiger partial charge in [0.15, 0.2) is 0 Å². The van der Waals surface area contributed by atoms with E-state index in [0.29, 0.717) is 17.9 Å². The molecule has 0 fully saturated rings. The Morgan fingerprint density at radius 1 is 1.24 bits per heavy atom. The number of hydrogen-bond acceptors (Lipinski definition) is 4. The van der Waals surface area contributed by atoms with Crippen molar-refractivity contribution in [1.82, 2.24) is 4.98 Å². The Morgan fingerprint density at radius 2 is 2.04 bits per heavy atom. The zero-order chi connectivity index (χ0) is 17.6. The minimum Gasteiger partial charge on any atom is -0.463 e. The van der Waals surface area contributed by atoms with Gasteiger partial charge >= 0.3 is 5.97 Å². The molecule has 2 aromatic carbocycles. The molecule has 2 N–H and O–H groups in total. The zero-order valence-corrected chi connectivity index (χ0v) is 13.7. The number of H-pyrrole nitrogens is 1. The van der Waals surface area contributed by atoms with Crippen molar-refractivity contribution in [3.8, 4) is 6.07 Å². The number of rotatable bonds is 5. The summed E-state index contributed by atoms with van der Waals surface area (Å²) in [6, 6.07) is 17.0. The van der Waals surface area contributed by atoms with Crippen LogP contribution in [0.4, 0.5) is 5.69 Å². The van der Waals surface area contributed by atoms with E-state index in [-0.39, 0.29) is 0 Å². The first-order chi connectivity index (χ1) is 12.2. The fourth-order valence-corrected chi connectivity index (χ4v) is 2.50. The van der Waals surface area contributed by atoms with Crippen LogP contribution in [0.2, 0.25) is 0 Å². The molecule has 1 heterocycles. The number of esters is 1. The first kappa shape index (κ1) is 16.3. The Bertz CT molecular complexity index is 963. The number of aromatic nitrogens is 1. The molecule has 0 aliphatic carbocycles. The number of hydrogen-bond donors (Lipinski definition) is 2. The second kappa shape index (κ2) is 7.37. The van der Waals surface area contributed by atoms with E-state index in [4.69, 9.17) is 10.00 Å². The molecule has 1 aromatic heterocycles. The van der Waals surface area contributed by atoms with Gasteiger partial charge in [0.1, 0.15) is 0 Å². The summed E-state index contributed by atoms with van der Waals surface area (Å²) in [5.74, 6) is -0.419. The van der Waals surface area contributed by atoms with Gasteiger partial charge in [0, 0.05) is 28.9 Å². The SMILES string of the molecule is CCOC(=O)/C=C(/Nc1ccc2[nH]ccc2c1)c1ccc(C#N)cc1. The third-order valence-corrected chi connectivity index (χ3v) is 3.71. The quantitative estimate of drug-likeness (QED) is 0.546. The van der Waals surface area contributed by atoms with Gasteiger partial charge in [-0.3, -0.25) is 0 Å². The molecule has 25 heavy (non-hydrogen) atoms. The second-order valence-corrected chi connectivity index (χ2v) is 5.40. The number of ether oxygens (including phenoxy) is 1. The summed E-state index contributed by atoms with van der Waals surface area (Å²) in [5.41, 5.74) is 3.86. The van der Waals surface area contributed by atoms with E-state index >= 15 is 0 Å². The summed E-state index contributed by atoms with van der Waals surface area (Å²) in [5, 5.41) is 13.3. The van der Waals surface area contributed by atoms with Crippen LogP contribution in [0.15, 0.2) is 60.8 Å². The lowest BCUT2D eigenvalue weighted by atomic mass is 10.1. The first-order valence-corrected chi connectivity index (χ1v) is 7.93. The Labute approximate surface area is 145 Å². The van der Waals surface area contributed by atoms with Crippen molar-refractivity contribution in [3.05, 3.63) is 71.9 Å². The van der Waals surface area contributed by atoms with Gasteiger partial charge in [-0.2, -0.15) is 5.26 Å². The molecule has 0 unspecified atom stereocenters. The Balaban J connectivity index is 1.94. The van der Waals surface area contributed by atoms with Crippen molar-refractivity contribution in [2.45, 2.75) is 6.92 Å². The van der Waals surface area contributed by atoms with Crippen LogP contribution in [0.25, 0.3) is 16.6 Å². The van der Waals surface area contributed by atoms with Crippen molar-refractivity contribution in [3.63, 3.8) is 0 Å². The second-order valence-electron chi connectivity index (χ2n) is 5.40. The van der Waals surface area contributed by atoms with Gasteiger partial charge < -0.3 is 15.0 Å². The normalized spacial score (nSPS) is 11.1. The molecular weight excluding hydrogens is 314 g/mol. The van der Waals surface area contributed by atoms with Crippen LogP contribution < -0.4 is 5.32 Å². The van der Waals surface area contributed by atoms with Crippen LogP contribution in [-0.2, 0) is 9.53 Å². The van der Waals surface area contributed by atoms with Crippen LogP contribution in [0, 0.1) is 11.3 Å². The van der Waals surface area contributed by atoms with Crippen LogP contribution in [0.5, 0.6) is 0 Å². The Kier molecular flexibility index (Phi) is 4.82. The minimum atomic E-state index is -0.419. The first-order valence-electron chi connectivity index (χ1n) is 7.93. The molecule has 0 amide bonds. The van der Waals surface area contributed by atoms with E-state index in [1.165, 1.54) is 6.08 Å². The fraction of sp³-hybridized carbons (Fsp3) is 0.100. The van der Waals surface area contributed by atoms with Gasteiger partial charge in [0.05, 0.1) is 23.9 Å². The van der Waals surface area contributed by atoms with Crippen molar-refractivity contribution >= 4 is 28.3 Å². The molecule has 0 bridgehead atoms. The number of fused-ring (bicyclic) bond motifs is 1. The Hall–Kier alpha value is -3.52. The standard InChI is InChI=1S/C20H17N3O2/c1-2-25-20(24)12-19(15-5-3-14(13-21)4-6-15)23-17-7-8-18-16(11-17)9-10-22-18/h3-12,22-23H,2H2,1H3/b19-12+. The van der Waals surface area contributed by atoms with E-state index in [1.807, 2.05) is 30.5 Å². The molecule has 5 heteroatoms. The molecule has 0 atom stereocenters. The van der Waals surface area contributed by atoms with Gasteiger partial charge in [-0.05, 0) is 48.9 Å². The highest BCUT2D eigenvalue weighted by Crippen LogP contribution is 2.23. The van der Waals surface area contributed by atoms with Gasteiger partial charge in [-0.1, -0.05) is 12.1 Å². The van der Waals surface area contributed by atoms with E-state index in [1.54, 1.807) is 31.2 Å². The maximum absolute atomic E-state index is 11.9. The number of nitrogens with zero attached hydrogens (tertiary/aromatic N) is 1. The van der Waals surface area contributed by atoms with Gasteiger partial charge in [-0.25, -0.2) is 4.79 Å². The summed E-state index contributed by atoms with van der Waals surface area (Å²) < 4.78 is 5.02. The minimum absolute atomic E-state index is 0.311. The maximum Gasteiger partial charge on any atom is 0.332 e. The molecule has 3 rings (SSSR count). The van der Waals surface area contributed by atoms with E-state index in [2.05, 4.69) is 16.4 Å². The van der Waals surface area contributed by atoms with E-state index < -0.39 is 5.97 Å². The predicted octanol–water partition coefficient (Wildman–Crippen LogP) is 4.06. The topological polar surface area (TPSA) is 77.9 Å². The zero-order valence-electron chi connectivity index (χ0n) is 13.7. The molecule has 0 aliphatic heterocycles. The van der Waals surface area contributed by atoms with Crippen LogP contribution >= 0.6 is 0 Å². The van der Waals surface area contributed by atoms with Crippen molar-refractivity contribution < 1.29 is 9.53 Å². The molecule has 0 saturated carbocycles. The summed E-state index contributed by atoms with van der Waals surface area (Å²) >= 11 is 0. The fourth-order valence-electron chi connectivity index (χ4n) is 2.50. The summed E-state index contributed by atoms with van der Waals surface area (Å²) in [4.78, 5) is 15.1. The molecule has 0 aliphatic rings. The Morgan fingerprint density at radius 3 is 2.76 bits per heavy atom. The monoisotopic (exact) mass is 331 g/mol. The lowest BCUT2D eigenvalue weighted by Crippen LogP contribution is -2.06. The summed E-state index contributed by atoms with van der Waals surface area (Å²) in [6.07, 6.45) is 3.30. The van der Waals surface area contributed by atoms with E-state index in [9.17, 15) is 4.79 Å². The summed E-state index contributed by atoms with van der Waals surface area (Å²) in [6.45, 7) is 2.08. The molecule has 0 radical (unpaired) electrons. The van der Waals surface area contributed by atoms with Crippen molar-refractivity contribution in [2.24, 2.45) is 0 Å². The number of anilines is 1. The number of carbonyl (C=O) groups excluding carboxylic acids is 1. The highest BCUT2D eigenvalue weighted by atomic mass is 16.5. The molecule has 124 valence electrons. The molecule has 0 spiro atoms. The van der Waals surface area contributed by atoms with Crippen molar-refractivity contribution in [1.29, 1.82) is 5.26 Å². The number of aromatic amines is 1. The summed E-state index contributed by atoms with van der Waals surface area (Å²) in [7, 11) is 0. The molecule has 0 saturated heterocycles. The number of carbonyl (C=O) groups is 1. The average molecular weight is 331 g/mol. The third-order valence-electron chi connectivity index (χ3n) is 3.71. The highest BCUT2D eigenvalue weighted by Gasteiger charge is 2.08. The number of nitriles is 1. The van der Waals surface area contributed by atoms with Crippen LogP contribution in [0.3, 0.4) is 0 Å². The highest BCUT2D eigenvalue weighted by molar-refractivity contribution is 5.95. The van der Waals surface area contributed by atoms with Crippen LogP contribution in [0.1, 0.15) is 18.1 Å². The smallest absolute Gasteiger partial charge is 0.332 e. The third kappa shape index (κ3) is 3.88. The predicted molar refractivity (Wildman–Crippen MR) is 97.7 cm³/mol. The number of benzene rings is 2. The van der Waals surface area contributed by atoms with Crippen molar-refractivity contribution in [2.75, 3.05) is 11.9 Å². The van der Waals surface area contributed by atoms with Crippen LogP contribution in [-0.4, -0.2) is 17.6 Å². The van der Waals surface area contributed by atoms with E-state index in [0.717, 1.165) is 22.2 Å². The lowest BCUT2D eigenvalue weighted by Gasteiger charge is -2.12. The average Bonchev–Trinajstić information content (AvgIpc) is 3.09. The molecule has 3 aromatic rings. The lowest BCUT2D eigenvalue weighted by molar-refractivity contribution is -0.137. The van der Waals surface area contributed by atoms with Gasteiger partial charge in [-0.15, -0.1) is 0 Å². The largest absolute Gasteiger partial charge is 0.463 e. The number of nitrogens with one attached hydrogen (secondary N) is 2. The molecular formula is C20H17N3O2.